The van der Waals surface area contributed by atoms with Gasteiger partial charge in [-0.2, -0.15) is 0 Å². The molecule has 0 atom stereocenters. The van der Waals surface area contributed by atoms with E-state index in [0.29, 0.717) is 26.7 Å². The molecule has 2 aromatic carbocycles. The molecule has 0 saturated carbocycles. The zero-order chi connectivity index (χ0) is 16.6. The van der Waals surface area contributed by atoms with E-state index < -0.39 is 0 Å². The summed E-state index contributed by atoms with van der Waals surface area (Å²) in [5.41, 5.74) is 1.15. The Morgan fingerprint density at radius 3 is 2.09 bits per heavy atom. The Labute approximate surface area is 142 Å². The van der Waals surface area contributed by atoms with Crippen molar-refractivity contribution >= 4 is 40.8 Å². The molecule has 6 heteroatoms. The molecule has 2 amide bonds. The molecule has 0 radical (unpaired) electrons. The molecule has 1 aliphatic heterocycles. The Morgan fingerprint density at radius 2 is 1.52 bits per heavy atom. The van der Waals surface area contributed by atoms with Gasteiger partial charge < -0.3 is 0 Å². The smallest absolute Gasteiger partial charge is 0.261 e. The molecule has 0 N–H and O–H groups in total. The Kier molecular flexibility index (Phi) is 4.20. The second kappa shape index (κ2) is 6.14. The number of ketones is 1. The first-order valence-corrected chi connectivity index (χ1v) is 7.68. The summed E-state index contributed by atoms with van der Waals surface area (Å²) in [6, 6.07) is 11.2. The number of imide groups is 1. The molecular formula is C17H11Cl2NO3. The number of hydrogen-bond acceptors (Lipinski definition) is 3. The summed E-state index contributed by atoms with van der Waals surface area (Å²) in [5.74, 6) is -0.944. The van der Waals surface area contributed by atoms with E-state index in [9.17, 15) is 14.4 Å². The van der Waals surface area contributed by atoms with Crippen LogP contribution in [0.2, 0.25) is 10.0 Å². The van der Waals surface area contributed by atoms with Crippen LogP contribution in [0.5, 0.6) is 0 Å². The van der Waals surface area contributed by atoms with Gasteiger partial charge in [0.2, 0.25) is 0 Å². The predicted octanol–water partition coefficient (Wildman–Crippen LogP) is 3.86. The van der Waals surface area contributed by atoms with E-state index in [1.54, 1.807) is 36.4 Å². The molecule has 0 saturated heterocycles. The second-order valence-corrected chi connectivity index (χ2v) is 5.92. The maximum atomic E-state index is 12.2. The fraction of sp³-hybridized carbons (Fsp3) is 0.118. The van der Waals surface area contributed by atoms with Gasteiger partial charge in [0.25, 0.3) is 11.8 Å². The lowest BCUT2D eigenvalue weighted by atomic mass is 10.1. The molecule has 0 fully saturated rings. The number of Topliss-reactive ketones (excluding diaryl/α,β-unsaturated/α-hetero) is 1. The van der Waals surface area contributed by atoms with Crippen LogP contribution in [0.4, 0.5) is 0 Å². The summed E-state index contributed by atoms with van der Waals surface area (Å²) in [6.07, 6.45) is 0.0312. The SMILES string of the molecule is O=C(CCN1C(=O)c2ccccc2C1=O)c1ccc(Cl)c(Cl)c1. The van der Waals surface area contributed by atoms with Crippen molar-refractivity contribution in [2.24, 2.45) is 0 Å². The number of carbonyl (C=O) groups is 3. The van der Waals surface area contributed by atoms with Gasteiger partial charge in [-0.25, -0.2) is 0 Å². The number of amides is 2. The Balaban J connectivity index is 1.72. The highest BCUT2D eigenvalue weighted by atomic mass is 35.5. The summed E-state index contributed by atoms with van der Waals surface area (Å²) in [4.78, 5) is 37.7. The molecule has 4 nitrogen and oxygen atoms in total. The standard InChI is InChI=1S/C17H11Cl2NO3/c18-13-6-5-10(9-14(13)19)15(21)7-8-20-16(22)11-3-1-2-4-12(11)17(20)23/h1-6,9H,7-8H2. The van der Waals surface area contributed by atoms with Crippen LogP contribution >= 0.6 is 23.2 Å². The largest absolute Gasteiger partial charge is 0.294 e. The normalized spacial score (nSPS) is 13.4. The molecule has 0 bridgehead atoms. The van der Waals surface area contributed by atoms with Crippen LogP contribution in [0.1, 0.15) is 37.5 Å². The average Bonchev–Trinajstić information content (AvgIpc) is 2.80. The average molecular weight is 348 g/mol. The molecule has 3 rings (SSSR count). The van der Waals surface area contributed by atoms with Gasteiger partial charge in [0.05, 0.1) is 21.2 Å². The lowest BCUT2D eigenvalue weighted by Gasteiger charge is -2.13. The molecule has 2 aromatic rings. The van der Waals surface area contributed by atoms with Gasteiger partial charge >= 0.3 is 0 Å². The van der Waals surface area contributed by atoms with Gasteiger partial charge in [0.1, 0.15) is 0 Å². The van der Waals surface area contributed by atoms with Gasteiger partial charge in [-0.15, -0.1) is 0 Å². The van der Waals surface area contributed by atoms with Crippen LogP contribution in [0.25, 0.3) is 0 Å². The van der Waals surface area contributed by atoms with Crippen molar-refractivity contribution in [1.82, 2.24) is 4.90 Å². The zero-order valence-electron chi connectivity index (χ0n) is 11.9. The van der Waals surface area contributed by atoms with Crippen molar-refractivity contribution in [2.45, 2.75) is 6.42 Å². The van der Waals surface area contributed by atoms with E-state index in [2.05, 4.69) is 0 Å². The molecule has 23 heavy (non-hydrogen) atoms. The molecule has 0 spiro atoms. The van der Waals surface area contributed by atoms with Gasteiger partial charge in [0, 0.05) is 18.5 Å². The van der Waals surface area contributed by atoms with Crippen LogP contribution in [-0.4, -0.2) is 29.0 Å². The molecule has 116 valence electrons. The van der Waals surface area contributed by atoms with Crippen LogP contribution in [0.3, 0.4) is 0 Å². The summed E-state index contributed by atoms with van der Waals surface area (Å²) < 4.78 is 0. The highest BCUT2D eigenvalue weighted by molar-refractivity contribution is 6.42. The Morgan fingerprint density at radius 1 is 0.913 bits per heavy atom. The lowest BCUT2D eigenvalue weighted by Crippen LogP contribution is -2.31. The van der Waals surface area contributed by atoms with Crippen molar-refractivity contribution in [1.29, 1.82) is 0 Å². The lowest BCUT2D eigenvalue weighted by molar-refractivity contribution is 0.0649. The maximum Gasteiger partial charge on any atom is 0.261 e. The Hall–Kier alpha value is -2.17. The fourth-order valence-corrected chi connectivity index (χ4v) is 2.77. The first kappa shape index (κ1) is 15.7. The van der Waals surface area contributed by atoms with E-state index in [1.807, 2.05) is 0 Å². The van der Waals surface area contributed by atoms with E-state index in [-0.39, 0.29) is 30.6 Å². The number of rotatable bonds is 4. The van der Waals surface area contributed by atoms with E-state index in [0.717, 1.165) is 4.90 Å². The molecule has 1 aliphatic rings. The van der Waals surface area contributed by atoms with Crippen molar-refractivity contribution in [3.8, 4) is 0 Å². The monoisotopic (exact) mass is 347 g/mol. The fourth-order valence-electron chi connectivity index (χ4n) is 2.47. The summed E-state index contributed by atoms with van der Waals surface area (Å²) >= 11 is 11.7. The number of benzene rings is 2. The van der Waals surface area contributed by atoms with E-state index in [4.69, 9.17) is 23.2 Å². The van der Waals surface area contributed by atoms with Crippen LogP contribution < -0.4 is 0 Å². The summed E-state index contributed by atoms with van der Waals surface area (Å²) in [7, 11) is 0. The van der Waals surface area contributed by atoms with Crippen molar-refractivity contribution in [3.05, 3.63) is 69.2 Å². The Bertz CT molecular complexity index is 797. The first-order chi connectivity index (χ1) is 11.0. The minimum atomic E-state index is -0.368. The number of hydrogen-bond donors (Lipinski definition) is 0. The number of fused-ring (bicyclic) bond motifs is 1. The number of nitrogens with zero attached hydrogens (tertiary/aromatic N) is 1. The van der Waals surface area contributed by atoms with Crippen LogP contribution in [0, 0.1) is 0 Å². The quantitative estimate of drug-likeness (QED) is 0.623. The zero-order valence-corrected chi connectivity index (χ0v) is 13.4. The minimum Gasteiger partial charge on any atom is -0.294 e. The number of halogens is 2. The maximum absolute atomic E-state index is 12.2. The predicted molar refractivity (Wildman–Crippen MR) is 87.2 cm³/mol. The van der Waals surface area contributed by atoms with Gasteiger partial charge in [0.15, 0.2) is 5.78 Å². The topological polar surface area (TPSA) is 54.5 Å². The highest BCUT2D eigenvalue weighted by Gasteiger charge is 2.34. The van der Waals surface area contributed by atoms with E-state index in [1.165, 1.54) is 6.07 Å². The highest BCUT2D eigenvalue weighted by Crippen LogP contribution is 2.25. The molecule has 0 unspecified atom stereocenters. The van der Waals surface area contributed by atoms with Crippen molar-refractivity contribution in [3.63, 3.8) is 0 Å². The summed E-state index contributed by atoms with van der Waals surface area (Å²) in [6.45, 7) is 0.0332. The summed E-state index contributed by atoms with van der Waals surface area (Å²) in [5, 5.41) is 0.654. The first-order valence-electron chi connectivity index (χ1n) is 6.92. The van der Waals surface area contributed by atoms with Crippen molar-refractivity contribution in [2.75, 3.05) is 6.54 Å². The second-order valence-electron chi connectivity index (χ2n) is 5.11. The molecule has 0 aliphatic carbocycles. The third-order valence-corrected chi connectivity index (χ3v) is 4.42. The van der Waals surface area contributed by atoms with E-state index >= 15 is 0 Å². The third-order valence-electron chi connectivity index (χ3n) is 3.68. The van der Waals surface area contributed by atoms with Crippen LogP contribution in [-0.2, 0) is 0 Å². The molecule has 1 heterocycles. The molecular weight excluding hydrogens is 337 g/mol. The van der Waals surface area contributed by atoms with Crippen LogP contribution in [0.15, 0.2) is 42.5 Å². The van der Waals surface area contributed by atoms with Gasteiger partial charge in [-0.05, 0) is 30.3 Å². The molecule has 0 aromatic heterocycles. The number of carbonyl (C=O) groups excluding carboxylic acids is 3. The van der Waals surface area contributed by atoms with Crippen molar-refractivity contribution < 1.29 is 14.4 Å². The third kappa shape index (κ3) is 2.87. The minimum absolute atomic E-state index is 0.0312. The van der Waals surface area contributed by atoms with Gasteiger partial charge in [-0.3, -0.25) is 19.3 Å². The van der Waals surface area contributed by atoms with Gasteiger partial charge in [-0.1, -0.05) is 35.3 Å².